The van der Waals surface area contributed by atoms with Crippen LogP contribution in [0.1, 0.15) is 32.3 Å². The first kappa shape index (κ1) is 16.2. The molecule has 0 aromatic heterocycles. The first-order chi connectivity index (χ1) is 9.51. The van der Waals surface area contributed by atoms with Crippen molar-refractivity contribution in [3.8, 4) is 0 Å². The van der Waals surface area contributed by atoms with Crippen molar-refractivity contribution in [2.24, 2.45) is 11.7 Å². The molecule has 0 heterocycles. The molecule has 20 heavy (non-hydrogen) atoms. The van der Waals surface area contributed by atoms with Crippen LogP contribution < -0.4 is 16.4 Å². The number of nitrogens with two attached hydrogens (primary N) is 1. The molecule has 0 radical (unpaired) electrons. The number of carbonyl (C=O) groups excluding carboxylic acids is 2. The maximum Gasteiger partial charge on any atom is 0.238 e. The number of amides is 2. The third kappa shape index (κ3) is 4.35. The zero-order valence-corrected chi connectivity index (χ0v) is 12.3. The molecule has 5 heteroatoms. The Bertz CT molecular complexity index is 482. The molecule has 1 aromatic carbocycles. The van der Waals surface area contributed by atoms with E-state index < -0.39 is 0 Å². The number of benzene rings is 1. The van der Waals surface area contributed by atoms with Gasteiger partial charge in [-0.25, -0.2) is 0 Å². The van der Waals surface area contributed by atoms with Crippen molar-refractivity contribution in [1.82, 2.24) is 0 Å². The normalized spacial score (nSPS) is 10.4. The minimum absolute atomic E-state index is 0.0334. The maximum atomic E-state index is 12.0. The van der Waals surface area contributed by atoms with E-state index in [1.807, 2.05) is 26.8 Å². The molecule has 5 nitrogen and oxygen atoms in total. The van der Waals surface area contributed by atoms with Gasteiger partial charge in [0.1, 0.15) is 0 Å². The second kappa shape index (κ2) is 7.65. The van der Waals surface area contributed by atoms with E-state index >= 15 is 0 Å². The molecule has 0 aliphatic carbocycles. The summed E-state index contributed by atoms with van der Waals surface area (Å²) in [7, 11) is 0. The minimum Gasteiger partial charge on any atom is -0.326 e. The van der Waals surface area contributed by atoms with Crippen LogP contribution in [-0.4, -0.2) is 18.4 Å². The molecule has 0 aliphatic rings. The Labute approximate surface area is 119 Å². The lowest BCUT2D eigenvalue weighted by Gasteiger charge is -2.15. The fraction of sp³-hybridized carbons (Fsp3) is 0.467. The Balaban J connectivity index is 2.78. The summed E-state index contributed by atoms with van der Waals surface area (Å²) in [6, 6.07) is 5.36. The van der Waals surface area contributed by atoms with Crippen LogP contribution in [0.5, 0.6) is 0 Å². The Morgan fingerprint density at radius 3 is 2.35 bits per heavy atom. The van der Waals surface area contributed by atoms with Crippen molar-refractivity contribution in [2.45, 2.75) is 33.6 Å². The highest BCUT2D eigenvalue weighted by Crippen LogP contribution is 2.21. The molecule has 0 spiro atoms. The van der Waals surface area contributed by atoms with Crippen LogP contribution >= 0.6 is 0 Å². The van der Waals surface area contributed by atoms with E-state index in [1.54, 1.807) is 12.1 Å². The first-order valence-corrected chi connectivity index (χ1v) is 6.93. The highest BCUT2D eigenvalue weighted by molar-refractivity contribution is 5.95. The van der Waals surface area contributed by atoms with Crippen molar-refractivity contribution in [1.29, 1.82) is 0 Å². The number of rotatable bonds is 6. The summed E-state index contributed by atoms with van der Waals surface area (Å²) < 4.78 is 0. The highest BCUT2D eigenvalue weighted by Gasteiger charge is 2.15. The summed E-state index contributed by atoms with van der Waals surface area (Å²) in [5.41, 5.74) is 7.60. The smallest absolute Gasteiger partial charge is 0.238 e. The fourth-order valence-corrected chi connectivity index (χ4v) is 1.99. The fourth-order valence-electron chi connectivity index (χ4n) is 1.99. The summed E-state index contributed by atoms with van der Waals surface area (Å²) in [6.07, 6.45) is 1.65. The molecule has 0 bridgehead atoms. The zero-order chi connectivity index (χ0) is 15.1. The van der Waals surface area contributed by atoms with Crippen LogP contribution in [-0.2, 0) is 9.59 Å². The van der Waals surface area contributed by atoms with Crippen LogP contribution in [0.4, 0.5) is 11.4 Å². The van der Waals surface area contributed by atoms with Gasteiger partial charge in [-0.05, 0) is 43.5 Å². The van der Waals surface area contributed by atoms with E-state index in [4.69, 9.17) is 5.73 Å². The first-order valence-electron chi connectivity index (χ1n) is 6.93. The predicted molar refractivity (Wildman–Crippen MR) is 81.6 cm³/mol. The van der Waals surface area contributed by atoms with E-state index in [0.29, 0.717) is 5.69 Å². The van der Waals surface area contributed by atoms with Crippen molar-refractivity contribution < 1.29 is 9.59 Å². The molecule has 0 saturated carbocycles. The number of anilines is 2. The SMILES string of the molecule is CCC(CC)C(=O)Nc1ccc(NC(=O)CN)cc1C. The molecule has 0 unspecified atom stereocenters. The maximum absolute atomic E-state index is 12.0. The second-order valence-corrected chi connectivity index (χ2v) is 4.78. The highest BCUT2D eigenvalue weighted by atomic mass is 16.2. The Hall–Kier alpha value is -1.88. The van der Waals surface area contributed by atoms with Gasteiger partial charge in [-0.2, -0.15) is 0 Å². The number of nitrogens with one attached hydrogen (secondary N) is 2. The van der Waals surface area contributed by atoms with Gasteiger partial charge < -0.3 is 16.4 Å². The van der Waals surface area contributed by atoms with Crippen LogP contribution in [0.15, 0.2) is 18.2 Å². The minimum atomic E-state index is -0.238. The zero-order valence-electron chi connectivity index (χ0n) is 12.3. The molecule has 0 fully saturated rings. The molecule has 0 saturated heterocycles. The van der Waals surface area contributed by atoms with Gasteiger partial charge in [0, 0.05) is 17.3 Å². The Morgan fingerprint density at radius 1 is 1.20 bits per heavy atom. The number of hydrogen-bond donors (Lipinski definition) is 3. The van der Waals surface area contributed by atoms with E-state index in [9.17, 15) is 9.59 Å². The van der Waals surface area contributed by atoms with Gasteiger partial charge in [0.25, 0.3) is 0 Å². The van der Waals surface area contributed by atoms with Crippen molar-refractivity contribution in [3.05, 3.63) is 23.8 Å². The number of hydrogen-bond acceptors (Lipinski definition) is 3. The average Bonchev–Trinajstić information content (AvgIpc) is 2.43. The molecule has 1 aromatic rings. The van der Waals surface area contributed by atoms with Crippen LogP contribution in [0.3, 0.4) is 0 Å². The summed E-state index contributed by atoms with van der Waals surface area (Å²) in [5.74, 6) is -0.166. The second-order valence-electron chi connectivity index (χ2n) is 4.78. The molecular formula is C15H23N3O2. The van der Waals surface area contributed by atoms with Crippen LogP contribution in [0, 0.1) is 12.8 Å². The van der Waals surface area contributed by atoms with Gasteiger partial charge in [-0.1, -0.05) is 13.8 Å². The summed E-state index contributed by atoms with van der Waals surface area (Å²) in [6.45, 7) is 5.85. The molecule has 4 N–H and O–H groups in total. The number of carbonyl (C=O) groups is 2. The lowest BCUT2D eigenvalue weighted by atomic mass is 10.0. The Kier molecular flexibility index (Phi) is 6.18. The van der Waals surface area contributed by atoms with Crippen LogP contribution in [0.25, 0.3) is 0 Å². The molecule has 2 amide bonds. The van der Waals surface area contributed by atoms with Crippen molar-refractivity contribution in [3.63, 3.8) is 0 Å². The summed E-state index contributed by atoms with van der Waals surface area (Å²) in [5, 5.41) is 5.61. The topological polar surface area (TPSA) is 84.2 Å². The lowest BCUT2D eigenvalue weighted by Crippen LogP contribution is -2.23. The molecule has 1 rings (SSSR count). The quantitative estimate of drug-likeness (QED) is 0.745. The molecular weight excluding hydrogens is 254 g/mol. The average molecular weight is 277 g/mol. The van der Waals surface area contributed by atoms with Crippen molar-refractivity contribution >= 4 is 23.2 Å². The predicted octanol–water partition coefficient (Wildman–Crippen LogP) is 2.27. The third-order valence-electron chi connectivity index (χ3n) is 3.31. The monoisotopic (exact) mass is 277 g/mol. The number of aryl methyl sites for hydroxylation is 1. The molecule has 0 aliphatic heterocycles. The van der Waals surface area contributed by atoms with Gasteiger partial charge in [0.05, 0.1) is 6.54 Å². The van der Waals surface area contributed by atoms with Gasteiger partial charge >= 0.3 is 0 Å². The van der Waals surface area contributed by atoms with E-state index in [-0.39, 0.29) is 24.3 Å². The van der Waals surface area contributed by atoms with Gasteiger partial charge in [-0.15, -0.1) is 0 Å². The molecule has 110 valence electrons. The Morgan fingerprint density at radius 2 is 1.85 bits per heavy atom. The van der Waals surface area contributed by atoms with Gasteiger partial charge in [-0.3, -0.25) is 9.59 Å². The van der Waals surface area contributed by atoms with Gasteiger partial charge in [0.2, 0.25) is 11.8 Å². The van der Waals surface area contributed by atoms with E-state index in [1.165, 1.54) is 0 Å². The summed E-state index contributed by atoms with van der Waals surface area (Å²) in [4.78, 5) is 23.3. The summed E-state index contributed by atoms with van der Waals surface area (Å²) >= 11 is 0. The van der Waals surface area contributed by atoms with E-state index in [2.05, 4.69) is 10.6 Å². The lowest BCUT2D eigenvalue weighted by molar-refractivity contribution is -0.120. The van der Waals surface area contributed by atoms with Crippen LogP contribution in [0.2, 0.25) is 0 Å². The molecule has 0 atom stereocenters. The largest absolute Gasteiger partial charge is 0.326 e. The van der Waals surface area contributed by atoms with E-state index in [0.717, 1.165) is 24.1 Å². The third-order valence-corrected chi connectivity index (χ3v) is 3.31. The van der Waals surface area contributed by atoms with Crippen molar-refractivity contribution in [2.75, 3.05) is 17.2 Å². The standard InChI is InChI=1S/C15H23N3O2/c1-4-11(5-2)15(20)18-13-7-6-12(8-10(13)3)17-14(19)9-16/h6-8,11H,4-5,9,16H2,1-3H3,(H,17,19)(H,18,20). The van der Waals surface area contributed by atoms with Gasteiger partial charge in [0.15, 0.2) is 0 Å².